The molecule has 1 fully saturated rings. The molecule has 25 heavy (non-hydrogen) atoms. The maximum absolute atomic E-state index is 12.3. The summed E-state index contributed by atoms with van der Waals surface area (Å²) in [5, 5.41) is 9.32. The Morgan fingerprint density at radius 2 is 2.12 bits per heavy atom. The largest absolute Gasteiger partial charge is 0.481 e. The van der Waals surface area contributed by atoms with Crippen LogP contribution in [0, 0.1) is 5.92 Å². The van der Waals surface area contributed by atoms with Gasteiger partial charge in [-0.25, -0.2) is 0 Å². The fourth-order valence-corrected chi connectivity index (χ4v) is 3.26. The van der Waals surface area contributed by atoms with Crippen LogP contribution in [-0.4, -0.2) is 59.4 Å². The molecule has 6 nitrogen and oxygen atoms in total. The molecule has 2 rings (SSSR count). The predicted octanol–water partition coefficient (Wildman–Crippen LogP) is 2.05. The van der Waals surface area contributed by atoms with Crippen molar-refractivity contribution in [2.24, 2.45) is 5.92 Å². The minimum Gasteiger partial charge on any atom is -0.481 e. The number of hydrogen-bond acceptors (Lipinski definition) is 3. The quantitative estimate of drug-likeness (QED) is 0.782. The van der Waals surface area contributed by atoms with Crippen LogP contribution in [0.1, 0.15) is 24.8 Å². The molecule has 0 saturated carbocycles. The third-order valence-electron chi connectivity index (χ3n) is 4.40. The lowest BCUT2D eigenvalue weighted by Gasteiger charge is -2.21. The van der Waals surface area contributed by atoms with Crippen molar-refractivity contribution < 1.29 is 19.5 Å². The van der Waals surface area contributed by atoms with Crippen LogP contribution in [0.25, 0.3) is 0 Å². The summed E-state index contributed by atoms with van der Waals surface area (Å²) < 4.78 is 0. The van der Waals surface area contributed by atoms with Crippen molar-refractivity contribution in [3.8, 4) is 0 Å². The number of carbonyl (C=O) groups excluding carboxylic acids is 2. The highest BCUT2D eigenvalue weighted by atomic mass is 35.5. The van der Waals surface area contributed by atoms with Crippen LogP contribution in [0.5, 0.6) is 0 Å². The smallest absolute Gasteiger partial charge is 0.312 e. The Morgan fingerprint density at radius 3 is 2.80 bits per heavy atom. The van der Waals surface area contributed by atoms with Gasteiger partial charge in [-0.05, 0) is 42.9 Å². The van der Waals surface area contributed by atoms with Crippen LogP contribution in [0.3, 0.4) is 0 Å². The molecule has 1 aromatic rings. The van der Waals surface area contributed by atoms with Crippen LogP contribution < -0.4 is 0 Å². The lowest BCUT2D eigenvalue weighted by atomic mass is 9.99. The number of likely N-dealkylation sites (N-methyl/N-ethyl adjacent to an activating group) is 1. The molecule has 1 saturated heterocycles. The fourth-order valence-electron chi connectivity index (χ4n) is 3.05. The molecular weight excluding hydrogens is 344 g/mol. The molecule has 1 unspecified atom stereocenters. The van der Waals surface area contributed by atoms with Crippen LogP contribution in [0.15, 0.2) is 24.3 Å². The Kier molecular flexibility index (Phi) is 6.82. The zero-order valence-corrected chi connectivity index (χ0v) is 15.0. The SMILES string of the molecule is CN(CCCC(=O)O)C(=O)C(=O)N1CCC(Cc2cccc(Cl)c2)C1. The zero-order valence-electron chi connectivity index (χ0n) is 14.3. The Hall–Kier alpha value is -2.08. The van der Waals surface area contributed by atoms with Crippen LogP contribution in [0.2, 0.25) is 5.02 Å². The number of likely N-dealkylation sites (tertiary alicyclic amines) is 1. The van der Waals surface area contributed by atoms with Crippen LogP contribution >= 0.6 is 11.6 Å². The van der Waals surface area contributed by atoms with E-state index in [4.69, 9.17) is 16.7 Å². The predicted molar refractivity (Wildman–Crippen MR) is 94.3 cm³/mol. The average Bonchev–Trinajstić information content (AvgIpc) is 3.01. The Morgan fingerprint density at radius 1 is 1.36 bits per heavy atom. The van der Waals surface area contributed by atoms with Gasteiger partial charge in [0.05, 0.1) is 0 Å². The number of carbonyl (C=O) groups is 3. The van der Waals surface area contributed by atoms with Gasteiger partial charge in [-0.3, -0.25) is 14.4 Å². The molecule has 2 amide bonds. The first kappa shape index (κ1) is 19.2. The van der Waals surface area contributed by atoms with E-state index in [9.17, 15) is 14.4 Å². The second-order valence-electron chi connectivity index (χ2n) is 6.46. The van der Waals surface area contributed by atoms with Gasteiger partial charge >= 0.3 is 17.8 Å². The van der Waals surface area contributed by atoms with Gasteiger partial charge < -0.3 is 14.9 Å². The Labute approximate surface area is 152 Å². The molecule has 0 aliphatic carbocycles. The van der Waals surface area contributed by atoms with E-state index < -0.39 is 17.8 Å². The van der Waals surface area contributed by atoms with Gasteiger partial charge in [-0.1, -0.05) is 23.7 Å². The van der Waals surface area contributed by atoms with E-state index in [1.165, 1.54) is 11.9 Å². The molecule has 1 atom stereocenters. The second kappa shape index (κ2) is 8.85. The van der Waals surface area contributed by atoms with Crippen molar-refractivity contribution in [1.82, 2.24) is 9.80 Å². The minimum absolute atomic E-state index is 0.0166. The number of hydrogen-bond donors (Lipinski definition) is 1. The van der Waals surface area contributed by atoms with E-state index >= 15 is 0 Å². The summed E-state index contributed by atoms with van der Waals surface area (Å²) in [5.74, 6) is -1.68. The van der Waals surface area contributed by atoms with Crippen molar-refractivity contribution in [3.05, 3.63) is 34.9 Å². The van der Waals surface area contributed by atoms with Gasteiger partial charge in [-0.2, -0.15) is 0 Å². The number of carboxylic acids is 1. The van der Waals surface area contributed by atoms with Gasteiger partial charge in [0.25, 0.3) is 0 Å². The van der Waals surface area contributed by atoms with E-state index in [2.05, 4.69) is 0 Å². The Bertz CT molecular complexity index is 650. The van der Waals surface area contributed by atoms with Crippen LogP contribution in [-0.2, 0) is 20.8 Å². The molecular formula is C18H23ClN2O4. The van der Waals surface area contributed by atoms with Crippen molar-refractivity contribution in [3.63, 3.8) is 0 Å². The summed E-state index contributed by atoms with van der Waals surface area (Å²) in [6, 6.07) is 7.67. The lowest BCUT2D eigenvalue weighted by Crippen LogP contribution is -2.43. The van der Waals surface area contributed by atoms with Crippen molar-refractivity contribution in [2.45, 2.75) is 25.7 Å². The van der Waals surface area contributed by atoms with E-state index in [1.807, 2.05) is 24.3 Å². The molecule has 1 aliphatic heterocycles. The number of benzene rings is 1. The number of carboxylic acid groups (broad SMARTS) is 1. The first-order valence-electron chi connectivity index (χ1n) is 8.37. The highest BCUT2D eigenvalue weighted by Crippen LogP contribution is 2.22. The summed E-state index contributed by atoms with van der Waals surface area (Å²) in [4.78, 5) is 37.9. The van der Waals surface area contributed by atoms with Gasteiger partial charge in [-0.15, -0.1) is 0 Å². The summed E-state index contributed by atoms with van der Waals surface area (Å²) in [5.41, 5.74) is 1.13. The third kappa shape index (κ3) is 5.74. The van der Waals surface area contributed by atoms with Gasteiger partial charge in [0.1, 0.15) is 0 Å². The molecule has 1 heterocycles. The fraction of sp³-hybridized carbons (Fsp3) is 0.500. The maximum atomic E-state index is 12.3. The highest BCUT2D eigenvalue weighted by Gasteiger charge is 2.31. The molecule has 1 aliphatic rings. The van der Waals surface area contributed by atoms with Gasteiger partial charge in [0, 0.05) is 38.1 Å². The Balaban J connectivity index is 1.82. The van der Waals surface area contributed by atoms with Crippen LogP contribution in [0.4, 0.5) is 0 Å². The number of aliphatic carboxylic acids is 1. The standard InChI is InChI=1S/C18H23ClN2O4/c1-20(8-3-6-16(22)23)17(24)18(25)21-9-7-14(12-21)10-13-4-2-5-15(19)11-13/h2,4-5,11,14H,3,6-10,12H2,1H3,(H,22,23). The molecule has 0 spiro atoms. The minimum atomic E-state index is -0.907. The first-order chi connectivity index (χ1) is 11.9. The molecule has 7 heteroatoms. The number of nitrogens with zero attached hydrogens (tertiary/aromatic N) is 2. The normalized spacial score (nSPS) is 16.7. The summed E-state index contributed by atoms with van der Waals surface area (Å²) in [6.07, 6.45) is 2.00. The summed E-state index contributed by atoms with van der Waals surface area (Å²) in [7, 11) is 1.53. The molecule has 1 N–H and O–H groups in total. The van der Waals surface area contributed by atoms with E-state index in [0.29, 0.717) is 30.5 Å². The van der Waals surface area contributed by atoms with Crippen molar-refractivity contribution in [1.29, 1.82) is 0 Å². The third-order valence-corrected chi connectivity index (χ3v) is 4.64. The summed E-state index contributed by atoms with van der Waals surface area (Å²) in [6.45, 7) is 1.38. The van der Waals surface area contributed by atoms with Gasteiger partial charge in [0.2, 0.25) is 0 Å². The highest BCUT2D eigenvalue weighted by molar-refractivity contribution is 6.34. The average molecular weight is 367 g/mol. The van der Waals surface area contributed by atoms with Crippen molar-refractivity contribution in [2.75, 3.05) is 26.7 Å². The molecule has 0 aromatic heterocycles. The van der Waals surface area contributed by atoms with Crippen molar-refractivity contribution >= 4 is 29.4 Å². The number of halogens is 1. The zero-order chi connectivity index (χ0) is 18.4. The molecule has 0 bridgehead atoms. The van der Waals surface area contributed by atoms with E-state index in [0.717, 1.165) is 18.4 Å². The van der Waals surface area contributed by atoms with Gasteiger partial charge in [0.15, 0.2) is 0 Å². The maximum Gasteiger partial charge on any atom is 0.312 e. The molecule has 0 radical (unpaired) electrons. The number of amides is 2. The second-order valence-corrected chi connectivity index (χ2v) is 6.90. The van der Waals surface area contributed by atoms with E-state index in [1.54, 1.807) is 4.90 Å². The monoisotopic (exact) mass is 366 g/mol. The van der Waals surface area contributed by atoms with E-state index in [-0.39, 0.29) is 13.0 Å². The first-order valence-corrected chi connectivity index (χ1v) is 8.75. The summed E-state index contributed by atoms with van der Waals surface area (Å²) >= 11 is 6.00. The lowest BCUT2D eigenvalue weighted by molar-refractivity contribution is -0.150. The molecule has 1 aromatic carbocycles. The molecule has 136 valence electrons. The number of rotatable bonds is 6. The topological polar surface area (TPSA) is 77.9 Å².